The van der Waals surface area contributed by atoms with Gasteiger partial charge in [-0.15, -0.1) is 11.3 Å². The molecule has 1 aliphatic carbocycles. The van der Waals surface area contributed by atoms with E-state index in [4.69, 9.17) is 4.98 Å². The molecule has 5 nitrogen and oxygen atoms in total. The van der Waals surface area contributed by atoms with E-state index >= 15 is 0 Å². The molecule has 1 atom stereocenters. The fourth-order valence-corrected chi connectivity index (χ4v) is 4.27. The molecule has 0 radical (unpaired) electrons. The molecule has 1 unspecified atom stereocenters. The van der Waals surface area contributed by atoms with Crippen molar-refractivity contribution in [1.82, 2.24) is 20.3 Å². The summed E-state index contributed by atoms with van der Waals surface area (Å²) in [4.78, 5) is 17.3. The van der Waals surface area contributed by atoms with E-state index < -0.39 is 0 Å². The standard InChI is InChI=1S/C17H23N5S/c1-11-16(23-12(2)19-11)15-6-8-18-17(21-15)22-9-7-14(10-22)20-13-4-3-5-13/h6,8,13-14,20H,3-5,7,9-10H2,1-2H3. The molecule has 2 fully saturated rings. The predicted molar refractivity (Wildman–Crippen MR) is 94.0 cm³/mol. The van der Waals surface area contributed by atoms with Crippen LogP contribution in [0, 0.1) is 13.8 Å². The van der Waals surface area contributed by atoms with Gasteiger partial charge in [-0.1, -0.05) is 6.42 Å². The summed E-state index contributed by atoms with van der Waals surface area (Å²) in [6.07, 6.45) is 7.12. The number of nitrogens with one attached hydrogen (secondary N) is 1. The smallest absolute Gasteiger partial charge is 0.225 e. The van der Waals surface area contributed by atoms with Crippen molar-refractivity contribution < 1.29 is 0 Å². The third-order valence-corrected chi connectivity index (χ3v) is 5.92. The molecule has 4 rings (SSSR count). The molecule has 1 saturated heterocycles. The van der Waals surface area contributed by atoms with Crippen molar-refractivity contribution in [2.24, 2.45) is 0 Å². The van der Waals surface area contributed by atoms with E-state index in [-0.39, 0.29) is 0 Å². The van der Waals surface area contributed by atoms with Crippen LogP contribution >= 0.6 is 11.3 Å². The summed E-state index contributed by atoms with van der Waals surface area (Å²) in [7, 11) is 0. The van der Waals surface area contributed by atoms with Gasteiger partial charge in [0.15, 0.2) is 0 Å². The highest BCUT2D eigenvalue weighted by atomic mass is 32.1. The first-order valence-corrected chi connectivity index (χ1v) is 9.29. The highest BCUT2D eigenvalue weighted by Gasteiger charge is 2.28. The Morgan fingerprint density at radius 3 is 2.74 bits per heavy atom. The van der Waals surface area contributed by atoms with Gasteiger partial charge < -0.3 is 10.2 Å². The predicted octanol–water partition coefficient (Wildman–Crippen LogP) is 2.94. The molecule has 3 heterocycles. The third-order valence-electron chi connectivity index (χ3n) is 4.83. The maximum Gasteiger partial charge on any atom is 0.225 e. The Morgan fingerprint density at radius 1 is 1.17 bits per heavy atom. The average molecular weight is 329 g/mol. The minimum absolute atomic E-state index is 0.583. The average Bonchev–Trinajstić information content (AvgIpc) is 3.10. The summed E-state index contributed by atoms with van der Waals surface area (Å²) < 4.78 is 0. The second kappa shape index (κ2) is 6.17. The zero-order valence-corrected chi connectivity index (χ0v) is 14.6. The lowest BCUT2D eigenvalue weighted by Crippen LogP contribution is -2.43. The monoisotopic (exact) mass is 329 g/mol. The second-order valence-corrected chi connectivity index (χ2v) is 7.82. The zero-order valence-electron chi connectivity index (χ0n) is 13.7. The van der Waals surface area contributed by atoms with Gasteiger partial charge in [-0.25, -0.2) is 15.0 Å². The molecule has 1 aliphatic heterocycles. The van der Waals surface area contributed by atoms with Gasteiger partial charge in [-0.3, -0.25) is 0 Å². The van der Waals surface area contributed by atoms with E-state index in [9.17, 15) is 0 Å². The van der Waals surface area contributed by atoms with Crippen LogP contribution in [0.5, 0.6) is 0 Å². The van der Waals surface area contributed by atoms with Crippen LogP contribution in [0.1, 0.15) is 36.4 Å². The fraction of sp³-hybridized carbons (Fsp3) is 0.588. The Bertz CT molecular complexity index is 694. The maximum absolute atomic E-state index is 4.80. The summed E-state index contributed by atoms with van der Waals surface area (Å²) in [5, 5.41) is 4.86. The summed E-state index contributed by atoms with van der Waals surface area (Å²) in [5.74, 6) is 0.853. The lowest BCUT2D eigenvalue weighted by molar-refractivity contribution is 0.311. The molecule has 2 aromatic heterocycles. The zero-order chi connectivity index (χ0) is 15.8. The van der Waals surface area contributed by atoms with E-state index in [1.54, 1.807) is 11.3 Å². The lowest BCUT2D eigenvalue weighted by atomic mass is 9.92. The number of nitrogens with zero attached hydrogens (tertiary/aromatic N) is 4. The number of aromatic nitrogens is 3. The molecule has 0 bridgehead atoms. The first-order chi connectivity index (χ1) is 11.2. The number of thiazole rings is 1. The van der Waals surface area contributed by atoms with Gasteiger partial charge >= 0.3 is 0 Å². The van der Waals surface area contributed by atoms with Gasteiger partial charge in [0.2, 0.25) is 5.95 Å². The summed E-state index contributed by atoms with van der Waals surface area (Å²) in [5.41, 5.74) is 2.05. The molecule has 0 aromatic carbocycles. The minimum Gasteiger partial charge on any atom is -0.339 e. The highest BCUT2D eigenvalue weighted by molar-refractivity contribution is 7.15. The Balaban J connectivity index is 1.49. The van der Waals surface area contributed by atoms with Crippen LogP contribution in [0.2, 0.25) is 0 Å². The summed E-state index contributed by atoms with van der Waals surface area (Å²) >= 11 is 1.71. The van der Waals surface area contributed by atoms with Crippen LogP contribution in [-0.2, 0) is 0 Å². The molecule has 23 heavy (non-hydrogen) atoms. The molecule has 1 N–H and O–H groups in total. The van der Waals surface area contributed by atoms with Crippen LogP contribution in [0.25, 0.3) is 10.6 Å². The molecular weight excluding hydrogens is 306 g/mol. The van der Waals surface area contributed by atoms with Crippen molar-refractivity contribution >= 4 is 17.3 Å². The van der Waals surface area contributed by atoms with E-state index in [0.29, 0.717) is 6.04 Å². The molecule has 122 valence electrons. The molecule has 2 aliphatic rings. The molecule has 1 saturated carbocycles. The van der Waals surface area contributed by atoms with E-state index in [1.165, 1.54) is 25.7 Å². The molecule has 6 heteroatoms. The normalized spacial score (nSPS) is 21.7. The Kier molecular flexibility index (Phi) is 4.03. The van der Waals surface area contributed by atoms with Crippen molar-refractivity contribution in [3.05, 3.63) is 23.0 Å². The van der Waals surface area contributed by atoms with Crippen molar-refractivity contribution in [3.63, 3.8) is 0 Å². The van der Waals surface area contributed by atoms with Gasteiger partial charge in [0.25, 0.3) is 0 Å². The van der Waals surface area contributed by atoms with Crippen LogP contribution < -0.4 is 10.2 Å². The number of hydrogen-bond acceptors (Lipinski definition) is 6. The summed E-state index contributed by atoms with van der Waals surface area (Å²) in [6.45, 7) is 6.14. The Hall–Kier alpha value is -1.53. The Labute approximate surface area is 141 Å². The lowest BCUT2D eigenvalue weighted by Gasteiger charge is -2.29. The largest absolute Gasteiger partial charge is 0.339 e. The third kappa shape index (κ3) is 3.10. The van der Waals surface area contributed by atoms with Crippen molar-refractivity contribution in [2.45, 2.75) is 51.6 Å². The van der Waals surface area contributed by atoms with Crippen LogP contribution in [-0.4, -0.2) is 40.1 Å². The highest BCUT2D eigenvalue weighted by Crippen LogP contribution is 2.29. The van der Waals surface area contributed by atoms with Gasteiger partial charge in [0.1, 0.15) is 0 Å². The van der Waals surface area contributed by atoms with Crippen molar-refractivity contribution in [2.75, 3.05) is 18.0 Å². The first-order valence-electron chi connectivity index (χ1n) is 8.47. The SMILES string of the molecule is Cc1nc(C)c(-c2ccnc(N3CCC(NC4CCC4)C3)n2)s1. The van der Waals surface area contributed by atoms with Crippen LogP contribution in [0.4, 0.5) is 5.95 Å². The topological polar surface area (TPSA) is 53.9 Å². The van der Waals surface area contributed by atoms with Gasteiger partial charge in [-0.2, -0.15) is 0 Å². The molecule has 2 aromatic rings. The summed E-state index contributed by atoms with van der Waals surface area (Å²) in [6, 6.07) is 3.32. The van der Waals surface area contributed by atoms with Crippen molar-refractivity contribution in [3.8, 4) is 10.6 Å². The van der Waals surface area contributed by atoms with Gasteiger partial charge in [0.05, 0.1) is 21.3 Å². The van der Waals surface area contributed by atoms with E-state index in [2.05, 4.69) is 27.1 Å². The minimum atomic E-state index is 0.583. The van der Waals surface area contributed by atoms with Crippen LogP contribution in [0.3, 0.4) is 0 Å². The number of aryl methyl sites for hydroxylation is 2. The fourth-order valence-electron chi connectivity index (χ4n) is 3.38. The quantitative estimate of drug-likeness (QED) is 0.935. The maximum atomic E-state index is 4.80. The number of hydrogen-bond donors (Lipinski definition) is 1. The number of anilines is 1. The first kappa shape index (κ1) is 15.0. The number of rotatable bonds is 4. The molecule has 0 spiro atoms. The molecule has 0 amide bonds. The van der Waals surface area contributed by atoms with Crippen LogP contribution in [0.15, 0.2) is 12.3 Å². The van der Waals surface area contributed by atoms with Crippen molar-refractivity contribution in [1.29, 1.82) is 0 Å². The van der Waals surface area contributed by atoms with Gasteiger partial charge in [-0.05, 0) is 39.2 Å². The Morgan fingerprint density at radius 2 is 2.04 bits per heavy atom. The van der Waals surface area contributed by atoms with E-state index in [0.717, 1.165) is 46.4 Å². The molecular formula is C17H23N5S. The van der Waals surface area contributed by atoms with E-state index in [1.807, 2.05) is 19.2 Å². The van der Waals surface area contributed by atoms with Gasteiger partial charge in [0, 0.05) is 31.4 Å². The second-order valence-electron chi connectivity index (χ2n) is 6.62.